The molecule has 30 heavy (non-hydrogen) atoms. The molecule has 1 aliphatic carbocycles. The number of amides is 1. The summed E-state index contributed by atoms with van der Waals surface area (Å²) in [6, 6.07) is 13.2. The lowest BCUT2D eigenvalue weighted by Gasteiger charge is -2.42. The number of anilines is 1. The summed E-state index contributed by atoms with van der Waals surface area (Å²) in [5, 5.41) is 3.03. The molecule has 0 fully saturated rings. The van der Waals surface area contributed by atoms with E-state index in [9.17, 15) is 9.59 Å². The number of ether oxygens (including phenoxy) is 1. The van der Waals surface area contributed by atoms with Crippen molar-refractivity contribution < 1.29 is 14.3 Å². The van der Waals surface area contributed by atoms with Crippen molar-refractivity contribution in [1.29, 1.82) is 0 Å². The molecule has 1 amide bonds. The lowest BCUT2D eigenvalue weighted by Crippen LogP contribution is -2.33. The highest BCUT2D eigenvalue weighted by Gasteiger charge is 2.37. The van der Waals surface area contributed by atoms with Crippen LogP contribution in [0.1, 0.15) is 67.6 Å². The van der Waals surface area contributed by atoms with Gasteiger partial charge in [0.25, 0.3) is 0 Å². The van der Waals surface area contributed by atoms with E-state index in [1.54, 1.807) is 24.3 Å². The predicted molar refractivity (Wildman–Crippen MR) is 121 cm³/mol. The summed E-state index contributed by atoms with van der Waals surface area (Å²) in [5.41, 5.74) is 5.07. The number of carbonyl (C=O) groups is 2. The molecule has 1 aliphatic rings. The molecule has 158 valence electrons. The lowest BCUT2D eigenvalue weighted by atomic mass is 9.63. The van der Waals surface area contributed by atoms with E-state index in [1.807, 2.05) is 6.07 Å². The normalized spacial score (nSPS) is 16.3. The summed E-state index contributed by atoms with van der Waals surface area (Å²) in [6.07, 6.45) is 4.06. The zero-order valence-electron chi connectivity index (χ0n) is 18.4. The molecule has 0 saturated carbocycles. The highest BCUT2D eigenvalue weighted by Crippen LogP contribution is 2.46. The first kappa shape index (κ1) is 21.8. The largest absolute Gasteiger partial charge is 0.458 e. The van der Waals surface area contributed by atoms with Crippen molar-refractivity contribution in [3.8, 4) is 0 Å². The highest BCUT2D eigenvalue weighted by molar-refractivity contribution is 5.93. The molecule has 0 atom stereocenters. The molecular weight excluding hydrogens is 374 g/mol. The van der Waals surface area contributed by atoms with Crippen LogP contribution >= 0.6 is 0 Å². The second-order valence-electron chi connectivity index (χ2n) is 9.34. The zero-order valence-corrected chi connectivity index (χ0v) is 18.4. The first-order valence-corrected chi connectivity index (χ1v) is 10.4. The van der Waals surface area contributed by atoms with Crippen molar-refractivity contribution in [1.82, 2.24) is 0 Å². The van der Waals surface area contributed by atoms with Gasteiger partial charge in [-0.1, -0.05) is 58.5 Å². The molecule has 4 heteroatoms. The summed E-state index contributed by atoms with van der Waals surface area (Å²) < 4.78 is 5.02. The van der Waals surface area contributed by atoms with Gasteiger partial charge in [0.2, 0.25) is 5.91 Å². The van der Waals surface area contributed by atoms with E-state index in [1.165, 1.54) is 17.2 Å². The smallest absolute Gasteiger partial charge is 0.338 e. The molecule has 0 spiro atoms. The Hall–Kier alpha value is -2.88. The second-order valence-corrected chi connectivity index (χ2v) is 9.34. The van der Waals surface area contributed by atoms with Crippen LogP contribution in [0.4, 0.5) is 5.69 Å². The van der Waals surface area contributed by atoms with Gasteiger partial charge in [-0.25, -0.2) is 4.79 Å². The lowest BCUT2D eigenvalue weighted by molar-refractivity contribution is -0.115. The minimum absolute atomic E-state index is 0.0789. The average Bonchev–Trinajstić information content (AvgIpc) is 2.70. The molecule has 0 heterocycles. The predicted octanol–water partition coefficient (Wildman–Crippen LogP) is 5.56. The van der Waals surface area contributed by atoms with Crippen LogP contribution in [0.5, 0.6) is 0 Å². The summed E-state index contributed by atoms with van der Waals surface area (Å²) in [5.74, 6) is -0.477. The van der Waals surface area contributed by atoms with Gasteiger partial charge in [-0.05, 0) is 64.6 Å². The molecule has 0 bridgehead atoms. The highest BCUT2D eigenvalue weighted by atomic mass is 16.5. The van der Waals surface area contributed by atoms with Gasteiger partial charge in [-0.15, -0.1) is 0 Å². The Morgan fingerprint density at radius 2 is 1.63 bits per heavy atom. The molecule has 0 saturated heterocycles. The van der Waals surface area contributed by atoms with Crippen LogP contribution in [0.3, 0.4) is 0 Å². The van der Waals surface area contributed by atoms with Gasteiger partial charge in [0.05, 0.1) is 12.0 Å². The van der Waals surface area contributed by atoms with E-state index < -0.39 is 5.97 Å². The third kappa shape index (κ3) is 4.81. The summed E-state index contributed by atoms with van der Waals surface area (Å²) in [6.45, 7) is 12.8. The molecular formula is C26H31NO3. The van der Waals surface area contributed by atoms with Crippen molar-refractivity contribution in [2.24, 2.45) is 0 Å². The number of carbonyl (C=O) groups excluding carboxylic acids is 2. The second kappa shape index (κ2) is 8.47. The van der Waals surface area contributed by atoms with E-state index in [0.29, 0.717) is 5.56 Å². The molecule has 3 rings (SSSR count). The maximum Gasteiger partial charge on any atom is 0.338 e. The van der Waals surface area contributed by atoms with Crippen molar-refractivity contribution in [2.75, 3.05) is 11.9 Å². The molecule has 0 aromatic heterocycles. The number of benzene rings is 2. The minimum atomic E-state index is -0.398. The van der Waals surface area contributed by atoms with Crippen LogP contribution in [0.2, 0.25) is 0 Å². The van der Waals surface area contributed by atoms with E-state index in [-0.39, 0.29) is 29.8 Å². The maximum atomic E-state index is 12.6. The Morgan fingerprint density at radius 3 is 2.27 bits per heavy atom. The number of rotatable bonds is 6. The van der Waals surface area contributed by atoms with Crippen LogP contribution in [-0.2, 0) is 26.8 Å². The van der Waals surface area contributed by atoms with Crippen LogP contribution in [0, 0.1) is 0 Å². The van der Waals surface area contributed by atoms with Crippen molar-refractivity contribution in [2.45, 2.75) is 57.8 Å². The number of hydrogen-bond acceptors (Lipinski definition) is 3. The van der Waals surface area contributed by atoms with Crippen LogP contribution in [0.15, 0.2) is 55.1 Å². The first-order chi connectivity index (χ1) is 14.1. The summed E-state index contributed by atoms with van der Waals surface area (Å²) in [7, 11) is 0. The Morgan fingerprint density at radius 1 is 1.00 bits per heavy atom. The molecule has 4 nitrogen and oxygen atoms in total. The molecule has 2 aromatic rings. The van der Waals surface area contributed by atoms with E-state index in [0.717, 1.165) is 24.1 Å². The van der Waals surface area contributed by atoms with Crippen molar-refractivity contribution in [3.63, 3.8) is 0 Å². The molecule has 2 aromatic carbocycles. The quantitative estimate of drug-likeness (QED) is 0.506. The van der Waals surface area contributed by atoms with Crippen molar-refractivity contribution >= 4 is 17.6 Å². The summed E-state index contributed by atoms with van der Waals surface area (Å²) in [4.78, 5) is 24.4. The van der Waals surface area contributed by atoms with Crippen LogP contribution < -0.4 is 5.32 Å². The zero-order chi connectivity index (χ0) is 21.9. The number of esters is 1. The minimum Gasteiger partial charge on any atom is -0.458 e. The van der Waals surface area contributed by atoms with Crippen LogP contribution in [0.25, 0.3) is 0 Å². The Kier molecular flexibility index (Phi) is 6.16. The first-order valence-electron chi connectivity index (χ1n) is 10.4. The fourth-order valence-corrected chi connectivity index (χ4v) is 4.03. The monoisotopic (exact) mass is 405 g/mol. The maximum absolute atomic E-state index is 12.6. The number of fused-ring (bicyclic) bond motifs is 1. The SMILES string of the molecule is C=CCOC(=O)c1ccc(CC(=O)Nc2ccc3c(c2)C(C)(C)CCC3(C)C)cc1. The number of hydrogen-bond donors (Lipinski definition) is 1. The van der Waals surface area contributed by atoms with Crippen molar-refractivity contribution in [3.05, 3.63) is 77.4 Å². The van der Waals surface area contributed by atoms with Gasteiger partial charge in [0.1, 0.15) is 6.61 Å². The third-order valence-corrected chi connectivity index (χ3v) is 6.02. The van der Waals surface area contributed by atoms with Crippen LogP contribution in [-0.4, -0.2) is 18.5 Å². The van der Waals surface area contributed by atoms with Gasteiger partial charge in [-0.2, -0.15) is 0 Å². The Balaban J connectivity index is 1.68. The Bertz CT molecular complexity index is 955. The number of nitrogens with one attached hydrogen (secondary N) is 1. The molecule has 0 radical (unpaired) electrons. The molecule has 0 unspecified atom stereocenters. The third-order valence-electron chi connectivity index (χ3n) is 6.02. The van der Waals surface area contributed by atoms with Gasteiger partial charge in [0, 0.05) is 5.69 Å². The van der Waals surface area contributed by atoms with Gasteiger partial charge in [-0.3, -0.25) is 4.79 Å². The fourth-order valence-electron chi connectivity index (χ4n) is 4.03. The van der Waals surface area contributed by atoms with E-state index in [2.05, 4.69) is 51.7 Å². The molecule has 0 aliphatic heterocycles. The standard InChI is InChI=1S/C26H31NO3/c1-6-15-30-24(29)19-9-7-18(8-10-19)16-23(28)27-20-11-12-21-22(17-20)26(4,5)14-13-25(21,2)3/h6-12,17H,1,13-16H2,2-5H3,(H,27,28). The van der Waals surface area contributed by atoms with Gasteiger partial charge < -0.3 is 10.1 Å². The molecule has 1 N–H and O–H groups in total. The van der Waals surface area contributed by atoms with Gasteiger partial charge >= 0.3 is 5.97 Å². The average molecular weight is 406 g/mol. The van der Waals surface area contributed by atoms with E-state index >= 15 is 0 Å². The fraction of sp³-hybridized carbons (Fsp3) is 0.385. The Labute approximate surface area is 179 Å². The van der Waals surface area contributed by atoms with E-state index in [4.69, 9.17) is 4.74 Å². The van der Waals surface area contributed by atoms with Gasteiger partial charge in [0.15, 0.2) is 0 Å². The topological polar surface area (TPSA) is 55.4 Å². The summed E-state index contributed by atoms with van der Waals surface area (Å²) >= 11 is 0.